The minimum absolute atomic E-state index is 0.00152. The summed E-state index contributed by atoms with van der Waals surface area (Å²) < 4.78 is 28.4. The van der Waals surface area contributed by atoms with Crippen LogP contribution in [0.4, 0.5) is 0 Å². The molecule has 3 saturated carbocycles. The lowest BCUT2D eigenvalue weighted by molar-refractivity contribution is -0.140. The first-order valence-corrected chi connectivity index (χ1v) is 13.6. The molecule has 5 atom stereocenters. The van der Waals surface area contributed by atoms with Gasteiger partial charge in [0.15, 0.2) is 0 Å². The van der Waals surface area contributed by atoms with E-state index in [2.05, 4.69) is 43.0 Å². The van der Waals surface area contributed by atoms with E-state index < -0.39 is 15.4 Å². The summed E-state index contributed by atoms with van der Waals surface area (Å²) in [5, 5.41) is 0. The summed E-state index contributed by atoms with van der Waals surface area (Å²) >= 11 is 0. The molecule has 0 N–H and O–H groups in total. The van der Waals surface area contributed by atoms with Gasteiger partial charge in [-0.3, -0.25) is 9.69 Å². The number of amides is 1. The Hall–Kier alpha value is -1.40. The molecule has 0 radical (unpaired) electrons. The van der Waals surface area contributed by atoms with E-state index in [0.29, 0.717) is 12.5 Å². The molecule has 1 aromatic carbocycles. The maximum atomic E-state index is 14.2. The Morgan fingerprint density at radius 3 is 2.61 bits per heavy atom. The number of nitrogens with zero attached hydrogens (tertiary/aromatic N) is 2. The van der Waals surface area contributed by atoms with Crippen LogP contribution in [0.2, 0.25) is 0 Å². The van der Waals surface area contributed by atoms with Crippen molar-refractivity contribution in [2.24, 2.45) is 28.1 Å². The van der Waals surface area contributed by atoms with Gasteiger partial charge in [-0.15, -0.1) is 0 Å². The molecule has 5 fully saturated rings. The highest BCUT2D eigenvalue weighted by atomic mass is 32.2. The van der Waals surface area contributed by atoms with Crippen molar-refractivity contribution in [3.05, 3.63) is 35.9 Å². The van der Waals surface area contributed by atoms with E-state index in [4.69, 9.17) is 0 Å². The molecule has 2 aliphatic heterocycles. The van der Waals surface area contributed by atoms with E-state index in [0.717, 1.165) is 51.6 Å². The monoisotopic (exact) mass is 442 g/mol. The Labute approximate surface area is 186 Å². The van der Waals surface area contributed by atoms with Gasteiger partial charge in [-0.25, -0.2) is 12.7 Å². The molecule has 168 valence electrons. The Bertz CT molecular complexity index is 1020. The van der Waals surface area contributed by atoms with Gasteiger partial charge in [-0.05, 0) is 54.9 Å². The molecule has 0 aromatic heterocycles. The molecule has 5 nitrogen and oxygen atoms in total. The lowest BCUT2D eigenvalue weighted by Gasteiger charge is -2.39. The van der Waals surface area contributed by atoms with Crippen LogP contribution in [-0.4, -0.2) is 48.4 Å². The molecule has 3 aliphatic carbocycles. The van der Waals surface area contributed by atoms with Crippen LogP contribution in [0.1, 0.15) is 57.9 Å². The standard InChI is InChI=1S/C25H34N2O3S/c1-23(2)19-10-12-25(23)17-31(29,30)27(21(25)13-19)22(28)24-11-6-9-20(24)15-26(16-24)14-18-7-4-3-5-8-18/h3-5,7-8,19-21H,6,9-17H2,1-2H3/t19-,20-,21-,24-,25-/m1/s1. The maximum absolute atomic E-state index is 14.2. The van der Waals surface area contributed by atoms with Crippen LogP contribution >= 0.6 is 0 Å². The normalized spacial score (nSPS) is 42.1. The average molecular weight is 443 g/mol. The Balaban J connectivity index is 1.32. The highest BCUT2D eigenvalue weighted by Gasteiger charge is 2.73. The second kappa shape index (κ2) is 6.34. The van der Waals surface area contributed by atoms with Gasteiger partial charge in [0, 0.05) is 25.0 Å². The Morgan fingerprint density at radius 1 is 1.10 bits per heavy atom. The van der Waals surface area contributed by atoms with Crippen LogP contribution in [0.3, 0.4) is 0 Å². The van der Waals surface area contributed by atoms with Gasteiger partial charge < -0.3 is 0 Å². The van der Waals surface area contributed by atoms with Crippen molar-refractivity contribution in [1.29, 1.82) is 0 Å². The first kappa shape index (κ1) is 20.2. The van der Waals surface area contributed by atoms with Gasteiger partial charge in [0.05, 0.1) is 17.2 Å². The zero-order chi connectivity index (χ0) is 21.6. The molecule has 2 bridgehead atoms. The molecular weight excluding hydrogens is 408 g/mol. The molecule has 6 rings (SSSR count). The van der Waals surface area contributed by atoms with Crippen LogP contribution in [0.5, 0.6) is 0 Å². The quantitative estimate of drug-likeness (QED) is 0.717. The van der Waals surface area contributed by atoms with E-state index in [1.807, 2.05) is 6.07 Å². The van der Waals surface area contributed by atoms with Crippen molar-refractivity contribution in [3.63, 3.8) is 0 Å². The minimum Gasteiger partial charge on any atom is -0.298 e. The van der Waals surface area contributed by atoms with E-state index in [-0.39, 0.29) is 34.4 Å². The fourth-order valence-corrected chi connectivity index (χ4v) is 11.1. The summed E-state index contributed by atoms with van der Waals surface area (Å²) in [6, 6.07) is 10.3. The fourth-order valence-electron chi connectivity index (χ4n) is 8.48. The van der Waals surface area contributed by atoms with Crippen molar-refractivity contribution in [2.45, 2.75) is 65.0 Å². The highest BCUT2D eigenvalue weighted by Crippen LogP contribution is 2.70. The summed E-state index contributed by atoms with van der Waals surface area (Å²) in [4.78, 5) is 16.6. The molecule has 2 heterocycles. The third-order valence-corrected chi connectivity index (χ3v) is 12.1. The van der Waals surface area contributed by atoms with Crippen LogP contribution in [0, 0.1) is 28.1 Å². The van der Waals surface area contributed by atoms with E-state index in [1.54, 1.807) is 0 Å². The van der Waals surface area contributed by atoms with Crippen molar-refractivity contribution in [2.75, 3.05) is 18.8 Å². The molecule has 0 unspecified atom stereocenters. The second-order valence-corrected chi connectivity index (χ2v) is 13.5. The number of carbonyl (C=O) groups is 1. The summed E-state index contributed by atoms with van der Waals surface area (Å²) in [6.45, 7) is 6.94. The van der Waals surface area contributed by atoms with Crippen LogP contribution < -0.4 is 0 Å². The number of hydrogen-bond acceptors (Lipinski definition) is 4. The zero-order valence-electron chi connectivity index (χ0n) is 18.7. The molecule has 6 heteroatoms. The second-order valence-electron chi connectivity index (χ2n) is 11.6. The highest BCUT2D eigenvalue weighted by molar-refractivity contribution is 7.90. The lowest BCUT2D eigenvalue weighted by atomic mass is 9.68. The molecule has 5 aliphatic rings. The van der Waals surface area contributed by atoms with E-state index in [1.165, 1.54) is 9.87 Å². The number of rotatable bonds is 3. The van der Waals surface area contributed by atoms with Crippen LogP contribution in [0.25, 0.3) is 0 Å². The summed E-state index contributed by atoms with van der Waals surface area (Å²) in [5.41, 5.74) is 0.507. The minimum atomic E-state index is -3.55. The molecule has 31 heavy (non-hydrogen) atoms. The summed E-state index contributed by atoms with van der Waals surface area (Å²) in [5.74, 6) is 0.935. The van der Waals surface area contributed by atoms with Crippen LogP contribution in [-0.2, 0) is 21.4 Å². The Kier molecular flexibility index (Phi) is 4.14. The third kappa shape index (κ3) is 2.52. The van der Waals surface area contributed by atoms with Crippen molar-refractivity contribution in [3.8, 4) is 0 Å². The number of hydrogen-bond donors (Lipinski definition) is 0. The largest absolute Gasteiger partial charge is 0.298 e. The molecule has 2 saturated heterocycles. The maximum Gasteiger partial charge on any atom is 0.244 e. The fraction of sp³-hybridized carbons (Fsp3) is 0.720. The predicted octanol–water partition coefficient (Wildman–Crippen LogP) is 3.66. The number of carbonyl (C=O) groups excluding carboxylic acids is 1. The number of likely N-dealkylation sites (tertiary alicyclic amines) is 1. The number of sulfonamides is 1. The summed E-state index contributed by atoms with van der Waals surface area (Å²) in [6.07, 6.45) is 5.84. The van der Waals surface area contributed by atoms with Gasteiger partial charge in [0.25, 0.3) is 0 Å². The van der Waals surface area contributed by atoms with E-state index >= 15 is 0 Å². The average Bonchev–Trinajstić information content (AvgIpc) is 3.42. The van der Waals surface area contributed by atoms with Gasteiger partial charge in [0.2, 0.25) is 15.9 Å². The SMILES string of the molecule is CC1(C)[C@@H]2CC[C@]13CS(=O)(=O)N(C(=O)[C@@]14CCC[C@@H]1CN(Cc1ccccc1)C4)[C@@H]3C2. The van der Waals surface area contributed by atoms with Crippen molar-refractivity contribution < 1.29 is 13.2 Å². The Morgan fingerprint density at radius 2 is 1.87 bits per heavy atom. The van der Waals surface area contributed by atoms with Gasteiger partial charge in [0.1, 0.15) is 0 Å². The van der Waals surface area contributed by atoms with Gasteiger partial charge in [-0.2, -0.15) is 0 Å². The topological polar surface area (TPSA) is 57.7 Å². The molecule has 1 amide bonds. The van der Waals surface area contributed by atoms with E-state index in [9.17, 15) is 13.2 Å². The predicted molar refractivity (Wildman–Crippen MR) is 119 cm³/mol. The molecular formula is C25H34N2O3S. The first-order chi connectivity index (χ1) is 14.7. The van der Waals surface area contributed by atoms with Gasteiger partial charge >= 0.3 is 0 Å². The van der Waals surface area contributed by atoms with Crippen molar-refractivity contribution in [1.82, 2.24) is 9.21 Å². The zero-order valence-corrected chi connectivity index (χ0v) is 19.5. The molecule has 1 spiro atoms. The lowest BCUT2D eigenvalue weighted by Crippen LogP contribution is -2.52. The molecule has 1 aromatic rings. The number of benzene rings is 1. The van der Waals surface area contributed by atoms with Crippen molar-refractivity contribution >= 4 is 15.9 Å². The number of fused-ring (bicyclic) bond motifs is 2. The smallest absolute Gasteiger partial charge is 0.244 e. The first-order valence-electron chi connectivity index (χ1n) is 12.0. The summed E-state index contributed by atoms with van der Waals surface area (Å²) in [7, 11) is -3.55. The van der Waals surface area contributed by atoms with Crippen LogP contribution in [0.15, 0.2) is 30.3 Å². The third-order valence-electron chi connectivity index (χ3n) is 10.2. The van der Waals surface area contributed by atoms with Gasteiger partial charge in [-0.1, -0.05) is 50.6 Å².